The van der Waals surface area contributed by atoms with Crippen LogP contribution in [-0.2, 0) is 20.8 Å². The van der Waals surface area contributed by atoms with Crippen molar-refractivity contribution in [2.45, 2.75) is 64.1 Å². The maximum absolute atomic E-state index is 12.9. The molecule has 0 spiro atoms. The first-order valence-electron chi connectivity index (χ1n) is 10.9. The van der Waals surface area contributed by atoms with Crippen LogP contribution in [0.4, 0.5) is 0 Å². The minimum Gasteiger partial charge on any atom is -0.480 e. The number of rotatable bonds is 13. The van der Waals surface area contributed by atoms with Gasteiger partial charge in [-0.05, 0) is 43.7 Å². The van der Waals surface area contributed by atoms with Crippen molar-refractivity contribution in [3.63, 3.8) is 0 Å². The highest BCUT2D eigenvalue weighted by atomic mass is 32.2. The Labute approximate surface area is 188 Å². The molecule has 4 atom stereocenters. The Morgan fingerprint density at radius 3 is 2.77 bits per heavy atom. The van der Waals surface area contributed by atoms with E-state index in [0.717, 1.165) is 25.1 Å². The fraction of sp³-hybridized carbons (Fsp3) is 0.714. The number of thioether (sulfide) groups is 1. The first-order chi connectivity index (χ1) is 14.8. The minimum atomic E-state index is -1.00. The molecule has 1 unspecified atom stereocenters. The highest BCUT2D eigenvalue weighted by molar-refractivity contribution is 7.98. The second-order valence-corrected chi connectivity index (χ2v) is 9.13. The Kier molecular flexibility index (Phi) is 10.3. The van der Waals surface area contributed by atoms with E-state index in [0.29, 0.717) is 25.1 Å². The molecule has 174 valence electrons. The molecule has 0 aliphatic carbocycles. The lowest BCUT2D eigenvalue weighted by atomic mass is 9.98. The van der Waals surface area contributed by atoms with E-state index in [1.807, 2.05) is 6.26 Å². The SMILES string of the molecule is CCC(C)[C@@H](CN1CCC[C@H]1C(=O)N[C@@H](CCSC)C(=O)O)NC(=O)Cc1cnc[nH]1. The number of carboxylic acid groups (broad SMARTS) is 1. The summed E-state index contributed by atoms with van der Waals surface area (Å²) in [6.45, 7) is 5.49. The average molecular weight is 454 g/mol. The van der Waals surface area contributed by atoms with Gasteiger partial charge in [-0.2, -0.15) is 11.8 Å². The zero-order valence-electron chi connectivity index (χ0n) is 18.6. The number of H-pyrrole nitrogens is 1. The summed E-state index contributed by atoms with van der Waals surface area (Å²) in [4.78, 5) is 45.9. The van der Waals surface area contributed by atoms with Crippen LogP contribution in [0.15, 0.2) is 12.5 Å². The van der Waals surface area contributed by atoms with Crippen LogP contribution in [0.3, 0.4) is 0 Å². The highest BCUT2D eigenvalue weighted by Crippen LogP contribution is 2.21. The number of nitrogens with zero attached hydrogens (tertiary/aromatic N) is 2. The van der Waals surface area contributed by atoms with Gasteiger partial charge in [-0.1, -0.05) is 20.3 Å². The van der Waals surface area contributed by atoms with E-state index in [1.165, 1.54) is 0 Å². The largest absolute Gasteiger partial charge is 0.480 e. The molecule has 0 aromatic carbocycles. The summed E-state index contributed by atoms with van der Waals surface area (Å²) < 4.78 is 0. The van der Waals surface area contributed by atoms with E-state index in [4.69, 9.17) is 0 Å². The van der Waals surface area contributed by atoms with Gasteiger partial charge in [-0.3, -0.25) is 14.5 Å². The van der Waals surface area contributed by atoms with Crippen LogP contribution >= 0.6 is 11.8 Å². The summed E-state index contributed by atoms with van der Waals surface area (Å²) in [5, 5.41) is 15.3. The molecule has 1 saturated heterocycles. The predicted molar refractivity (Wildman–Crippen MR) is 121 cm³/mol. The zero-order chi connectivity index (χ0) is 22.8. The summed E-state index contributed by atoms with van der Waals surface area (Å²) in [6, 6.07) is -1.34. The smallest absolute Gasteiger partial charge is 0.326 e. The Hall–Kier alpha value is -2.07. The lowest BCUT2D eigenvalue weighted by molar-refractivity contribution is -0.142. The number of carbonyl (C=O) groups is 3. The number of aliphatic carboxylic acids is 1. The summed E-state index contributed by atoms with van der Waals surface area (Å²) in [5.41, 5.74) is 0.754. The van der Waals surface area contributed by atoms with Crippen LogP contribution in [-0.4, -0.2) is 81.0 Å². The molecule has 0 radical (unpaired) electrons. The fourth-order valence-corrected chi connectivity index (χ4v) is 4.29. The zero-order valence-corrected chi connectivity index (χ0v) is 19.4. The molecule has 0 bridgehead atoms. The first kappa shape index (κ1) is 25.2. The number of aromatic amines is 1. The molecule has 9 nitrogen and oxygen atoms in total. The van der Waals surface area contributed by atoms with E-state index < -0.39 is 12.0 Å². The van der Waals surface area contributed by atoms with Crippen molar-refractivity contribution in [3.05, 3.63) is 18.2 Å². The average Bonchev–Trinajstić information content (AvgIpc) is 3.41. The fourth-order valence-electron chi connectivity index (χ4n) is 3.82. The summed E-state index contributed by atoms with van der Waals surface area (Å²) in [7, 11) is 0. The van der Waals surface area contributed by atoms with Gasteiger partial charge in [0.05, 0.1) is 18.8 Å². The van der Waals surface area contributed by atoms with Gasteiger partial charge in [0.15, 0.2) is 0 Å². The van der Waals surface area contributed by atoms with Crippen LogP contribution < -0.4 is 10.6 Å². The van der Waals surface area contributed by atoms with Crippen molar-refractivity contribution >= 4 is 29.5 Å². The standard InChI is InChI=1S/C21H35N5O4S/c1-4-14(2)17(24-19(27)10-15-11-22-13-23-15)12-26-8-5-6-18(26)20(28)25-16(21(29)30)7-9-31-3/h11,13-14,16-18H,4-10,12H2,1-3H3,(H,22,23)(H,24,27)(H,25,28)(H,29,30)/t14?,16-,17+,18-/m0/s1. The number of hydrogen-bond acceptors (Lipinski definition) is 6. The number of likely N-dealkylation sites (tertiary alicyclic amines) is 1. The van der Waals surface area contributed by atoms with Crippen molar-refractivity contribution in [2.24, 2.45) is 5.92 Å². The number of nitrogens with one attached hydrogen (secondary N) is 3. The van der Waals surface area contributed by atoms with E-state index in [-0.39, 0.29) is 36.2 Å². The number of carboxylic acids is 1. The third kappa shape index (κ3) is 7.84. The van der Waals surface area contributed by atoms with Gasteiger partial charge in [0.25, 0.3) is 0 Å². The minimum absolute atomic E-state index is 0.0854. The number of hydrogen-bond donors (Lipinski definition) is 4. The maximum Gasteiger partial charge on any atom is 0.326 e. The Bertz CT molecular complexity index is 715. The number of imidazole rings is 1. The molecular formula is C21H35N5O4S. The Balaban J connectivity index is 1.99. The van der Waals surface area contributed by atoms with Crippen molar-refractivity contribution in [2.75, 3.05) is 25.1 Å². The molecule has 2 heterocycles. The highest BCUT2D eigenvalue weighted by Gasteiger charge is 2.35. The topological polar surface area (TPSA) is 127 Å². The van der Waals surface area contributed by atoms with Crippen LogP contribution in [0.5, 0.6) is 0 Å². The molecule has 10 heteroatoms. The number of carbonyl (C=O) groups excluding carboxylic acids is 2. The third-order valence-corrected chi connectivity index (χ3v) is 6.55. The Morgan fingerprint density at radius 1 is 1.39 bits per heavy atom. The normalized spacial score (nSPS) is 19.5. The molecule has 4 N–H and O–H groups in total. The van der Waals surface area contributed by atoms with Gasteiger partial charge in [-0.15, -0.1) is 0 Å². The molecule has 1 aromatic heterocycles. The molecule has 2 amide bonds. The van der Waals surface area contributed by atoms with Gasteiger partial charge in [-0.25, -0.2) is 9.78 Å². The van der Waals surface area contributed by atoms with Crippen LogP contribution in [0.1, 0.15) is 45.2 Å². The van der Waals surface area contributed by atoms with Gasteiger partial charge in [0, 0.05) is 24.5 Å². The van der Waals surface area contributed by atoms with Gasteiger partial charge in [0.1, 0.15) is 6.04 Å². The van der Waals surface area contributed by atoms with E-state index >= 15 is 0 Å². The first-order valence-corrected chi connectivity index (χ1v) is 12.3. The molecule has 1 aromatic rings. The van der Waals surface area contributed by atoms with Crippen molar-refractivity contribution in [3.8, 4) is 0 Å². The van der Waals surface area contributed by atoms with Crippen LogP contribution in [0.2, 0.25) is 0 Å². The van der Waals surface area contributed by atoms with Crippen LogP contribution in [0, 0.1) is 5.92 Å². The lowest BCUT2D eigenvalue weighted by Gasteiger charge is -2.32. The lowest BCUT2D eigenvalue weighted by Crippen LogP contribution is -2.54. The van der Waals surface area contributed by atoms with Crippen molar-refractivity contribution < 1.29 is 19.5 Å². The van der Waals surface area contributed by atoms with Crippen LogP contribution in [0.25, 0.3) is 0 Å². The predicted octanol–water partition coefficient (Wildman–Crippen LogP) is 1.27. The van der Waals surface area contributed by atoms with E-state index in [1.54, 1.807) is 24.3 Å². The molecule has 2 rings (SSSR count). The molecule has 0 saturated carbocycles. The van der Waals surface area contributed by atoms with Gasteiger partial charge < -0.3 is 20.7 Å². The van der Waals surface area contributed by atoms with E-state index in [2.05, 4.69) is 39.3 Å². The summed E-state index contributed by atoms with van der Waals surface area (Å²) >= 11 is 1.56. The second kappa shape index (κ2) is 12.7. The van der Waals surface area contributed by atoms with Gasteiger partial charge >= 0.3 is 5.97 Å². The van der Waals surface area contributed by atoms with E-state index in [9.17, 15) is 19.5 Å². The number of amides is 2. The number of aromatic nitrogens is 2. The van der Waals surface area contributed by atoms with Crippen molar-refractivity contribution in [1.29, 1.82) is 0 Å². The molecule has 31 heavy (non-hydrogen) atoms. The van der Waals surface area contributed by atoms with Gasteiger partial charge in [0.2, 0.25) is 11.8 Å². The third-order valence-electron chi connectivity index (χ3n) is 5.91. The molecule has 1 fully saturated rings. The van der Waals surface area contributed by atoms with Crippen molar-refractivity contribution in [1.82, 2.24) is 25.5 Å². The molecule has 1 aliphatic heterocycles. The second-order valence-electron chi connectivity index (χ2n) is 8.15. The summed E-state index contributed by atoms with van der Waals surface area (Å²) in [5.74, 6) is -0.418. The monoisotopic (exact) mass is 453 g/mol. The molecule has 1 aliphatic rings. The summed E-state index contributed by atoms with van der Waals surface area (Å²) in [6.07, 6.45) is 8.18. The Morgan fingerprint density at radius 2 is 2.16 bits per heavy atom. The molecular weight excluding hydrogens is 418 g/mol. The maximum atomic E-state index is 12.9. The quantitative estimate of drug-likeness (QED) is 0.354.